The maximum atomic E-state index is 5.95. The van der Waals surface area contributed by atoms with E-state index >= 15 is 0 Å². The molecule has 0 amide bonds. The molecular weight excluding hydrogens is 302 g/mol. The molecule has 1 aliphatic rings. The van der Waals surface area contributed by atoms with E-state index in [1.165, 1.54) is 11.1 Å². The summed E-state index contributed by atoms with van der Waals surface area (Å²) >= 11 is 0. The molecule has 1 fully saturated rings. The van der Waals surface area contributed by atoms with Gasteiger partial charge in [0.15, 0.2) is 0 Å². The molecular formula is C20H25NO3. The minimum absolute atomic E-state index is 0.241. The fourth-order valence-corrected chi connectivity index (χ4v) is 3.15. The maximum Gasteiger partial charge on any atom is 0.127 e. The molecule has 1 saturated heterocycles. The number of methoxy groups -OCH3 is 2. The number of hydrogen-bond donors (Lipinski definition) is 0. The van der Waals surface area contributed by atoms with E-state index in [-0.39, 0.29) is 6.10 Å². The molecule has 0 spiro atoms. The van der Waals surface area contributed by atoms with Crippen LogP contribution in [0, 0.1) is 0 Å². The van der Waals surface area contributed by atoms with Gasteiger partial charge in [-0.3, -0.25) is 4.90 Å². The van der Waals surface area contributed by atoms with Gasteiger partial charge in [-0.25, -0.2) is 0 Å². The van der Waals surface area contributed by atoms with Crippen LogP contribution < -0.4 is 9.47 Å². The lowest BCUT2D eigenvalue weighted by Gasteiger charge is -2.33. The first-order valence-electron chi connectivity index (χ1n) is 8.37. The average molecular weight is 327 g/mol. The first-order chi connectivity index (χ1) is 11.8. The average Bonchev–Trinajstić information content (AvgIpc) is 2.63. The Kier molecular flexibility index (Phi) is 5.72. The van der Waals surface area contributed by atoms with E-state index in [2.05, 4.69) is 35.2 Å². The van der Waals surface area contributed by atoms with E-state index in [0.29, 0.717) is 0 Å². The molecule has 1 heterocycles. The third-order valence-corrected chi connectivity index (χ3v) is 4.42. The highest BCUT2D eigenvalue weighted by atomic mass is 16.5. The zero-order chi connectivity index (χ0) is 16.8. The summed E-state index contributed by atoms with van der Waals surface area (Å²) in [5.74, 6) is 1.69. The molecule has 2 aromatic rings. The molecule has 24 heavy (non-hydrogen) atoms. The highest BCUT2D eigenvalue weighted by Crippen LogP contribution is 2.26. The number of morpholine rings is 1. The molecule has 2 aromatic carbocycles. The number of rotatable bonds is 6. The quantitative estimate of drug-likeness (QED) is 0.815. The lowest BCUT2D eigenvalue weighted by atomic mass is 10.1. The Morgan fingerprint density at radius 2 is 1.92 bits per heavy atom. The van der Waals surface area contributed by atoms with Crippen molar-refractivity contribution in [2.75, 3.05) is 33.9 Å². The molecule has 4 nitrogen and oxygen atoms in total. The van der Waals surface area contributed by atoms with Crippen LogP contribution in [0.15, 0.2) is 48.5 Å². The topological polar surface area (TPSA) is 30.9 Å². The van der Waals surface area contributed by atoms with Crippen LogP contribution in [-0.4, -0.2) is 44.9 Å². The van der Waals surface area contributed by atoms with Crippen molar-refractivity contribution in [2.45, 2.75) is 19.1 Å². The van der Waals surface area contributed by atoms with Gasteiger partial charge in [0.2, 0.25) is 0 Å². The smallest absolute Gasteiger partial charge is 0.127 e. The van der Waals surface area contributed by atoms with Gasteiger partial charge in [-0.2, -0.15) is 0 Å². The first kappa shape index (κ1) is 16.8. The summed E-state index contributed by atoms with van der Waals surface area (Å²) in [5, 5.41) is 0. The molecule has 0 bridgehead atoms. The van der Waals surface area contributed by atoms with Crippen molar-refractivity contribution in [1.82, 2.24) is 4.90 Å². The van der Waals surface area contributed by atoms with Gasteiger partial charge in [0, 0.05) is 31.3 Å². The van der Waals surface area contributed by atoms with E-state index in [9.17, 15) is 0 Å². The lowest BCUT2D eigenvalue weighted by Crippen LogP contribution is -2.42. The second-order valence-corrected chi connectivity index (χ2v) is 6.10. The highest BCUT2D eigenvalue weighted by Gasteiger charge is 2.21. The summed E-state index contributed by atoms with van der Waals surface area (Å²) in [7, 11) is 3.38. The Labute approximate surface area is 144 Å². The van der Waals surface area contributed by atoms with Crippen LogP contribution in [0.5, 0.6) is 11.5 Å². The van der Waals surface area contributed by atoms with Crippen molar-refractivity contribution in [3.63, 3.8) is 0 Å². The van der Waals surface area contributed by atoms with Crippen molar-refractivity contribution < 1.29 is 14.2 Å². The Bertz CT molecular complexity index is 645. The van der Waals surface area contributed by atoms with Crippen LogP contribution >= 0.6 is 0 Å². The van der Waals surface area contributed by atoms with Gasteiger partial charge in [-0.15, -0.1) is 0 Å². The Balaban J connectivity index is 1.63. The minimum Gasteiger partial charge on any atom is -0.497 e. The molecule has 0 aliphatic carbocycles. The number of benzene rings is 2. The summed E-state index contributed by atoms with van der Waals surface area (Å²) in [4.78, 5) is 2.43. The van der Waals surface area contributed by atoms with Crippen molar-refractivity contribution in [2.24, 2.45) is 0 Å². The summed E-state index contributed by atoms with van der Waals surface area (Å²) in [6.45, 7) is 3.52. The van der Waals surface area contributed by atoms with E-state index in [1.54, 1.807) is 14.2 Å². The predicted molar refractivity (Wildman–Crippen MR) is 94.7 cm³/mol. The molecule has 0 N–H and O–H groups in total. The van der Waals surface area contributed by atoms with Gasteiger partial charge in [0.05, 0.1) is 26.9 Å². The van der Waals surface area contributed by atoms with Crippen LogP contribution in [0.25, 0.3) is 0 Å². The molecule has 0 aromatic heterocycles. The van der Waals surface area contributed by atoms with Gasteiger partial charge >= 0.3 is 0 Å². The first-order valence-corrected chi connectivity index (χ1v) is 8.37. The van der Waals surface area contributed by atoms with Crippen LogP contribution in [0.1, 0.15) is 11.1 Å². The van der Waals surface area contributed by atoms with Crippen LogP contribution in [0.4, 0.5) is 0 Å². The van der Waals surface area contributed by atoms with E-state index in [0.717, 1.165) is 44.2 Å². The van der Waals surface area contributed by atoms with Crippen LogP contribution in [-0.2, 0) is 17.7 Å². The van der Waals surface area contributed by atoms with Gasteiger partial charge < -0.3 is 14.2 Å². The standard InChI is InChI=1S/C20H25NO3/c1-22-18-9-8-17(20(13-18)23-2)14-21-10-11-24-19(15-21)12-16-6-4-3-5-7-16/h3-9,13,19H,10-12,14-15H2,1-2H3/t19-/m0/s1. The Morgan fingerprint density at radius 1 is 1.08 bits per heavy atom. The van der Waals surface area contributed by atoms with Crippen molar-refractivity contribution in [1.29, 1.82) is 0 Å². The largest absolute Gasteiger partial charge is 0.497 e. The van der Waals surface area contributed by atoms with Crippen molar-refractivity contribution in [3.05, 3.63) is 59.7 Å². The highest BCUT2D eigenvalue weighted by molar-refractivity contribution is 5.40. The fourth-order valence-electron chi connectivity index (χ4n) is 3.15. The number of hydrogen-bond acceptors (Lipinski definition) is 4. The number of nitrogens with zero attached hydrogens (tertiary/aromatic N) is 1. The summed E-state index contributed by atoms with van der Waals surface area (Å²) in [6.07, 6.45) is 1.20. The van der Waals surface area contributed by atoms with E-state index in [4.69, 9.17) is 14.2 Å². The molecule has 128 valence electrons. The van der Waals surface area contributed by atoms with Gasteiger partial charge in [-0.05, 0) is 18.1 Å². The second kappa shape index (κ2) is 8.18. The molecule has 1 aliphatic heterocycles. The normalized spacial score (nSPS) is 18.3. The van der Waals surface area contributed by atoms with Crippen molar-refractivity contribution in [3.8, 4) is 11.5 Å². The molecule has 0 radical (unpaired) electrons. The van der Waals surface area contributed by atoms with Crippen LogP contribution in [0.2, 0.25) is 0 Å². The van der Waals surface area contributed by atoms with E-state index < -0.39 is 0 Å². The predicted octanol–water partition coefficient (Wildman–Crippen LogP) is 3.15. The summed E-state index contributed by atoms with van der Waals surface area (Å²) < 4.78 is 16.7. The number of ether oxygens (including phenoxy) is 3. The molecule has 0 saturated carbocycles. The monoisotopic (exact) mass is 327 g/mol. The maximum absolute atomic E-state index is 5.95. The van der Waals surface area contributed by atoms with E-state index in [1.807, 2.05) is 18.2 Å². The minimum atomic E-state index is 0.241. The van der Waals surface area contributed by atoms with Crippen molar-refractivity contribution >= 4 is 0 Å². The van der Waals surface area contributed by atoms with Crippen LogP contribution in [0.3, 0.4) is 0 Å². The molecule has 3 rings (SSSR count). The van der Waals surface area contributed by atoms with Gasteiger partial charge in [0.1, 0.15) is 11.5 Å². The molecule has 0 unspecified atom stereocenters. The fraction of sp³-hybridized carbons (Fsp3) is 0.400. The SMILES string of the molecule is COc1ccc(CN2CCO[C@@H](Cc3ccccc3)C2)c(OC)c1. The zero-order valence-corrected chi connectivity index (χ0v) is 14.4. The summed E-state index contributed by atoms with van der Waals surface area (Å²) in [5.41, 5.74) is 2.50. The zero-order valence-electron chi connectivity index (χ0n) is 14.4. The lowest BCUT2D eigenvalue weighted by molar-refractivity contribution is -0.0306. The summed E-state index contributed by atoms with van der Waals surface area (Å²) in [6, 6.07) is 16.5. The Morgan fingerprint density at radius 3 is 2.67 bits per heavy atom. The second-order valence-electron chi connectivity index (χ2n) is 6.10. The van der Waals surface area contributed by atoms with Gasteiger partial charge in [0.25, 0.3) is 0 Å². The molecule has 1 atom stereocenters. The third kappa shape index (κ3) is 4.28. The molecule has 4 heteroatoms. The van der Waals surface area contributed by atoms with Gasteiger partial charge in [-0.1, -0.05) is 36.4 Å². The third-order valence-electron chi connectivity index (χ3n) is 4.42. The Hall–Kier alpha value is -2.04.